The lowest BCUT2D eigenvalue weighted by Gasteiger charge is -2.29. The zero-order chi connectivity index (χ0) is 24.9. The van der Waals surface area contributed by atoms with Crippen LogP contribution < -0.4 is 19.9 Å². The molecule has 0 radical (unpaired) electrons. The monoisotopic (exact) mass is 491 g/mol. The third-order valence-corrected chi connectivity index (χ3v) is 6.52. The summed E-state index contributed by atoms with van der Waals surface area (Å²) in [6, 6.07) is 13.9. The maximum absolute atomic E-state index is 9.56. The molecule has 0 spiro atoms. The topological polar surface area (TPSA) is 92.2 Å². The zero-order valence-electron chi connectivity index (χ0n) is 20.8. The molecule has 2 aliphatic rings. The van der Waals surface area contributed by atoms with Gasteiger partial charge in [-0.15, -0.1) is 0 Å². The van der Waals surface area contributed by atoms with Crippen LogP contribution in [0, 0.1) is 6.92 Å². The van der Waals surface area contributed by atoms with Gasteiger partial charge in [-0.25, -0.2) is 4.98 Å². The summed E-state index contributed by atoms with van der Waals surface area (Å²) in [7, 11) is 1.96. The van der Waals surface area contributed by atoms with E-state index < -0.39 is 0 Å². The summed E-state index contributed by atoms with van der Waals surface area (Å²) in [5, 5.41) is 12.9. The van der Waals surface area contributed by atoms with Crippen molar-refractivity contribution >= 4 is 28.8 Å². The summed E-state index contributed by atoms with van der Waals surface area (Å²) < 4.78 is 17.3. The van der Waals surface area contributed by atoms with Gasteiger partial charge in [-0.05, 0) is 36.2 Å². The first-order valence-electron chi connectivity index (χ1n) is 12.4. The third kappa shape index (κ3) is 5.70. The van der Waals surface area contributed by atoms with Crippen LogP contribution in [0.5, 0.6) is 5.75 Å². The SMILES string of the molecule is Cc1ccc(CO)cc1N(C)c1ccnc(Nc2cc(O[C@H]3CCOC3)cc(N3CCOCC3)c2)n1. The van der Waals surface area contributed by atoms with E-state index in [2.05, 4.69) is 27.3 Å². The molecule has 2 aromatic carbocycles. The van der Waals surface area contributed by atoms with Gasteiger partial charge in [0.2, 0.25) is 5.95 Å². The molecule has 2 saturated heterocycles. The van der Waals surface area contributed by atoms with Gasteiger partial charge < -0.3 is 34.4 Å². The molecule has 3 aromatic rings. The minimum Gasteiger partial charge on any atom is -0.488 e. The first kappa shape index (κ1) is 24.3. The standard InChI is InChI=1S/C27H33N5O4/c1-19-3-4-20(17-33)13-25(19)31(2)26-5-7-28-27(30-26)29-21-14-22(32-8-11-34-12-9-32)16-24(15-21)36-23-6-10-35-18-23/h3-5,7,13-16,23,33H,6,8-12,17-18H2,1-2H3,(H,28,29,30)/t23-/m0/s1. The molecule has 9 nitrogen and oxygen atoms in total. The first-order chi connectivity index (χ1) is 17.6. The highest BCUT2D eigenvalue weighted by Crippen LogP contribution is 2.32. The summed E-state index contributed by atoms with van der Waals surface area (Å²) in [5.74, 6) is 2.03. The van der Waals surface area contributed by atoms with Crippen molar-refractivity contribution in [2.45, 2.75) is 26.1 Å². The Bertz CT molecular complexity index is 1180. The number of anilines is 5. The van der Waals surface area contributed by atoms with E-state index in [0.717, 1.165) is 65.9 Å². The fraction of sp³-hybridized carbons (Fsp3) is 0.407. The molecule has 1 aromatic heterocycles. The Hall–Kier alpha value is -3.40. The number of nitrogens with one attached hydrogen (secondary N) is 1. The second-order valence-electron chi connectivity index (χ2n) is 9.12. The van der Waals surface area contributed by atoms with Crippen LogP contribution in [0.15, 0.2) is 48.7 Å². The van der Waals surface area contributed by atoms with Crippen molar-refractivity contribution in [3.63, 3.8) is 0 Å². The lowest BCUT2D eigenvalue weighted by molar-refractivity contribution is 0.122. The van der Waals surface area contributed by atoms with E-state index in [-0.39, 0.29) is 12.7 Å². The second kappa shape index (κ2) is 11.1. The van der Waals surface area contributed by atoms with Gasteiger partial charge in [0.05, 0.1) is 33.0 Å². The Morgan fingerprint density at radius 3 is 2.75 bits per heavy atom. The number of aliphatic hydroxyl groups is 1. The second-order valence-corrected chi connectivity index (χ2v) is 9.12. The van der Waals surface area contributed by atoms with Gasteiger partial charge in [0.15, 0.2) is 0 Å². The largest absolute Gasteiger partial charge is 0.488 e. The van der Waals surface area contributed by atoms with E-state index in [1.165, 1.54) is 0 Å². The third-order valence-electron chi connectivity index (χ3n) is 6.52. The minimum atomic E-state index is -0.00539. The lowest BCUT2D eigenvalue weighted by atomic mass is 10.1. The van der Waals surface area contributed by atoms with Gasteiger partial charge in [-0.2, -0.15) is 4.98 Å². The minimum absolute atomic E-state index is 0.00539. The lowest BCUT2D eigenvalue weighted by Crippen LogP contribution is -2.36. The molecule has 9 heteroatoms. The number of aliphatic hydroxyl groups excluding tert-OH is 1. The molecule has 0 aliphatic carbocycles. The Morgan fingerprint density at radius 2 is 1.97 bits per heavy atom. The Balaban J connectivity index is 1.40. The van der Waals surface area contributed by atoms with Crippen LogP contribution in [-0.4, -0.2) is 67.7 Å². The quantitative estimate of drug-likeness (QED) is 0.488. The van der Waals surface area contributed by atoms with Crippen molar-refractivity contribution in [1.29, 1.82) is 0 Å². The highest BCUT2D eigenvalue weighted by atomic mass is 16.5. The zero-order valence-corrected chi connectivity index (χ0v) is 20.8. The number of hydrogen-bond donors (Lipinski definition) is 2. The number of aryl methyl sites for hydroxylation is 1. The van der Waals surface area contributed by atoms with E-state index in [1.54, 1.807) is 6.20 Å². The number of morpholine rings is 1. The van der Waals surface area contributed by atoms with Crippen LogP contribution in [-0.2, 0) is 16.1 Å². The van der Waals surface area contributed by atoms with Gasteiger partial charge in [-0.3, -0.25) is 0 Å². The number of hydrogen-bond acceptors (Lipinski definition) is 9. The molecule has 2 N–H and O–H groups in total. The van der Waals surface area contributed by atoms with Crippen LogP contribution >= 0.6 is 0 Å². The molecular formula is C27H33N5O4. The highest BCUT2D eigenvalue weighted by Gasteiger charge is 2.20. The molecular weight excluding hydrogens is 458 g/mol. The summed E-state index contributed by atoms with van der Waals surface area (Å²) >= 11 is 0. The summed E-state index contributed by atoms with van der Waals surface area (Å²) in [4.78, 5) is 13.5. The van der Waals surface area contributed by atoms with E-state index in [1.807, 2.05) is 49.2 Å². The number of ether oxygens (including phenoxy) is 3. The van der Waals surface area contributed by atoms with E-state index >= 15 is 0 Å². The van der Waals surface area contributed by atoms with Crippen molar-refractivity contribution in [2.24, 2.45) is 0 Å². The Morgan fingerprint density at radius 1 is 1.11 bits per heavy atom. The molecule has 0 amide bonds. The van der Waals surface area contributed by atoms with Gasteiger partial charge in [0.1, 0.15) is 17.7 Å². The maximum Gasteiger partial charge on any atom is 0.229 e. The molecule has 2 fully saturated rings. The summed E-state index contributed by atoms with van der Waals surface area (Å²) in [6.07, 6.45) is 2.69. The first-order valence-corrected chi connectivity index (χ1v) is 12.4. The number of benzene rings is 2. The van der Waals surface area contributed by atoms with E-state index in [9.17, 15) is 5.11 Å². The fourth-order valence-electron chi connectivity index (χ4n) is 4.49. The van der Waals surface area contributed by atoms with Crippen LogP contribution in [0.1, 0.15) is 17.5 Å². The Labute approximate surface area is 211 Å². The molecule has 36 heavy (non-hydrogen) atoms. The van der Waals surface area contributed by atoms with Crippen LogP contribution in [0.3, 0.4) is 0 Å². The molecule has 0 bridgehead atoms. The average molecular weight is 492 g/mol. The van der Waals surface area contributed by atoms with E-state index in [0.29, 0.717) is 25.8 Å². The molecule has 0 unspecified atom stereocenters. The van der Waals surface area contributed by atoms with Gasteiger partial charge in [0, 0.05) is 61.9 Å². The average Bonchev–Trinajstić information content (AvgIpc) is 3.42. The van der Waals surface area contributed by atoms with Gasteiger partial charge in [-0.1, -0.05) is 12.1 Å². The Kier molecular flexibility index (Phi) is 7.50. The maximum atomic E-state index is 9.56. The van der Waals surface area contributed by atoms with Crippen LogP contribution in [0.25, 0.3) is 0 Å². The molecule has 2 aliphatic heterocycles. The number of rotatable bonds is 8. The summed E-state index contributed by atoms with van der Waals surface area (Å²) in [5.41, 5.74) is 4.86. The normalized spacial score (nSPS) is 17.8. The van der Waals surface area contributed by atoms with Crippen molar-refractivity contribution < 1.29 is 19.3 Å². The van der Waals surface area contributed by atoms with E-state index in [4.69, 9.17) is 19.2 Å². The molecule has 0 saturated carbocycles. The smallest absolute Gasteiger partial charge is 0.229 e. The van der Waals surface area contributed by atoms with Crippen LogP contribution in [0.2, 0.25) is 0 Å². The molecule has 3 heterocycles. The van der Waals surface area contributed by atoms with Crippen molar-refractivity contribution in [2.75, 3.05) is 61.7 Å². The molecule has 190 valence electrons. The molecule has 5 rings (SSSR count). The highest BCUT2D eigenvalue weighted by molar-refractivity contribution is 5.68. The predicted octanol–water partition coefficient (Wildman–Crippen LogP) is 3.79. The number of aromatic nitrogens is 2. The van der Waals surface area contributed by atoms with Gasteiger partial charge >= 0.3 is 0 Å². The summed E-state index contributed by atoms with van der Waals surface area (Å²) in [6.45, 7) is 6.46. The van der Waals surface area contributed by atoms with Crippen molar-refractivity contribution in [3.8, 4) is 5.75 Å². The fourth-order valence-corrected chi connectivity index (χ4v) is 4.49. The molecule has 1 atom stereocenters. The van der Waals surface area contributed by atoms with Crippen LogP contribution in [0.4, 0.5) is 28.8 Å². The number of nitrogens with zero attached hydrogens (tertiary/aromatic N) is 4. The van der Waals surface area contributed by atoms with Gasteiger partial charge in [0.25, 0.3) is 0 Å². The van der Waals surface area contributed by atoms with Crippen molar-refractivity contribution in [1.82, 2.24) is 9.97 Å². The predicted molar refractivity (Wildman–Crippen MR) is 140 cm³/mol. The van der Waals surface area contributed by atoms with Crippen molar-refractivity contribution in [3.05, 3.63) is 59.8 Å².